The SMILES string of the molecule is Cc1nc(C(O)C2CCCSC2)cs1. The smallest absolute Gasteiger partial charge is 0.100 e. The molecule has 0 aliphatic carbocycles. The van der Waals surface area contributed by atoms with E-state index in [-0.39, 0.29) is 6.10 Å². The van der Waals surface area contributed by atoms with Crippen LogP contribution in [0, 0.1) is 12.8 Å². The predicted octanol–water partition coefficient (Wildman–Crippen LogP) is 2.63. The van der Waals surface area contributed by atoms with Gasteiger partial charge in [0.15, 0.2) is 0 Å². The zero-order valence-corrected chi connectivity index (χ0v) is 9.90. The lowest BCUT2D eigenvalue weighted by atomic mass is 9.97. The standard InChI is InChI=1S/C10H15NOS2/c1-7-11-9(6-14-7)10(12)8-3-2-4-13-5-8/h6,8,10,12H,2-5H2,1H3. The van der Waals surface area contributed by atoms with Crippen LogP contribution in [0.5, 0.6) is 0 Å². The highest BCUT2D eigenvalue weighted by molar-refractivity contribution is 7.99. The maximum atomic E-state index is 10.1. The number of hydrogen-bond acceptors (Lipinski definition) is 4. The summed E-state index contributed by atoms with van der Waals surface area (Å²) in [6.07, 6.45) is 2.04. The topological polar surface area (TPSA) is 33.1 Å². The highest BCUT2D eigenvalue weighted by atomic mass is 32.2. The molecular formula is C10H15NOS2. The molecule has 1 aliphatic heterocycles. The minimum absolute atomic E-state index is 0.340. The van der Waals surface area contributed by atoms with Crippen LogP contribution < -0.4 is 0 Å². The van der Waals surface area contributed by atoms with Crippen molar-refractivity contribution < 1.29 is 5.11 Å². The Morgan fingerprint density at radius 1 is 1.64 bits per heavy atom. The minimum atomic E-state index is -0.340. The van der Waals surface area contributed by atoms with Crippen molar-refractivity contribution in [3.05, 3.63) is 16.1 Å². The lowest BCUT2D eigenvalue weighted by Gasteiger charge is -2.25. The third-order valence-electron chi connectivity index (χ3n) is 2.58. The maximum Gasteiger partial charge on any atom is 0.100 e. The van der Waals surface area contributed by atoms with Gasteiger partial charge < -0.3 is 5.11 Å². The van der Waals surface area contributed by atoms with E-state index >= 15 is 0 Å². The second kappa shape index (κ2) is 4.64. The summed E-state index contributed by atoms with van der Waals surface area (Å²) >= 11 is 3.57. The van der Waals surface area contributed by atoms with Crippen LogP contribution in [0.15, 0.2) is 5.38 Å². The van der Waals surface area contributed by atoms with Crippen LogP contribution in [0.25, 0.3) is 0 Å². The van der Waals surface area contributed by atoms with Crippen molar-refractivity contribution in [2.75, 3.05) is 11.5 Å². The van der Waals surface area contributed by atoms with Crippen LogP contribution in [0.2, 0.25) is 0 Å². The van der Waals surface area contributed by atoms with E-state index in [1.165, 1.54) is 12.2 Å². The summed E-state index contributed by atoms with van der Waals surface area (Å²) in [5.41, 5.74) is 0.875. The molecule has 4 heteroatoms. The van der Waals surface area contributed by atoms with Gasteiger partial charge in [-0.2, -0.15) is 11.8 Å². The molecule has 0 bridgehead atoms. The van der Waals surface area contributed by atoms with Gasteiger partial charge in [0.05, 0.1) is 10.7 Å². The van der Waals surface area contributed by atoms with E-state index in [4.69, 9.17) is 0 Å². The predicted molar refractivity (Wildman–Crippen MR) is 61.9 cm³/mol. The van der Waals surface area contributed by atoms with Crippen molar-refractivity contribution in [3.63, 3.8) is 0 Å². The van der Waals surface area contributed by atoms with Gasteiger partial charge in [-0.1, -0.05) is 0 Å². The third kappa shape index (κ3) is 2.30. The number of nitrogens with zero attached hydrogens (tertiary/aromatic N) is 1. The Kier molecular flexibility index (Phi) is 3.47. The Hall–Kier alpha value is -0.0600. The number of thiazole rings is 1. The Labute approximate surface area is 92.8 Å². The van der Waals surface area contributed by atoms with Gasteiger partial charge in [-0.3, -0.25) is 0 Å². The van der Waals surface area contributed by atoms with E-state index in [0.717, 1.165) is 22.9 Å². The normalized spacial score (nSPS) is 24.9. The van der Waals surface area contributed by atoms with Crippen molar-refractivity contribution in [1.29, 1.82) is 0 Å². The first-order valence-corrected chi connectivity index (χ1v) is 6.98. The summed E-state index contributed by atoms with van der Waals surface area (Å²) in [6.45, 7) is 1.98. The van der Waals surface area contributed by atoms with Crippen LogP contribution >= 0.6 is 23.1 Å². The van der Waals surface area contributed by atoms with Gasteiger partial charge >= 0.3 is 0 Å². The summed E-state index contributed by atoms with van der Waals surface area (Å²) in [5.74, 6) is 2.74. The average Bonchev–Trinajstić information content (AvgIpc) is 2.65. The van der Waals surface area contributed by atoms with Crippen molar-refractivity contribution >= 4 is 23.1 Å². The Bertz CT molecular complexity index is 294. The summed E-state index contributed by atoms with van der Waals surface area (Å²) in [5, 5.41) is 13.1. The summed E-state index contributed by atoms with van der Waals surface area (Å²) in [4.78, 5) is 4.35. The molecule has 1 fully saturated rings. The van der Waals surface area contributed by atoms with Crippen molar-refractivity contribution in [3.8, 4) is 0 Å². The fourth-order valence-electron chi connectivity index (χ4n) is 1.77. The monoisotopic (exact) mass is 229 g/mol. The number of aromatic nitrogens is 1. The molecule has 0 saturated carbocycles. The molecule has 2 rings (SSSR count). The van der Waals surface area contributed by atoms with Gasteiger partial charge in [0, 0.05) is 5.38 Å². The third-order valence-corrected chi connectivity index (χ3v) is 4.61. The molecule has 0 aromatic carbocycles. The molecule has 2 unspecified atom stereocenters. The van der Waals surface area contributed by atoms with Crippen LogP contribution in [-0.2, 0) is 0 Å². The highest BCUT2D eigenvalue weighted by Crippen LogP contribution is 2.33. The molecule has 0 amide bonds. The van der Waals surface area contributed by atoms with E-state index in [1.807, 2.05) is 24.1 Å². The molecule has 1 N–H and O–H groups in total. The van der Waals surface area contributed by atoms with Crippen LogP contribution in [0.1, 0.15) is 29.6 Å². The Balaban J connectivity index is 2.03. The molecular weight excluding hydrogens is 214 g/mol. The molecule has 2 heterocycles. The quantitative estimate of drug-likeness (QED) is 0.846. The Morgan fingerprint density at radius 3 is 3.07 bits per heavy atom. The van der Waals surface area contributed by atoms with Gasteiger partial charge in [-0.05, 0) is 37.2 Å². The molecule has 1 aromatic rings. The fourth-order valence-corrected chi connectivity index (χ4v) is 3.60. The zero-order chi connectivity index (χ0) is 9.97. The van der Waals surface area contributed by atoms with Crippen LogP contribution in [0.4, 0.5) is 0 Å². The minimum Gasteiger partial charge on any atom is -0.386 e. The molecule has 14 heavy (non-hydrogen) atoms. The number of hydrogen-bond donors (Lipinski definition) is 1. The average molecular weight is 229 g/mol. The van der Waals surface area contributed by atoms with Gasteiger partial charge in [0.2, 0.25) is 0 Å². The first kappa shape index (κ1) is 10.5. The van der Waals surface area contributed by atoms with Crippen molar-refractivity contribution in [2.45, 2.75) is 25.9 Å². The number of thioether (sulfide) groups is 1. The molecule has 2 atom stereocenters. The van der Waals surface area contributed by atoms with E-state index in [0.29, 0.717) is 5.92 Å². The first-order chi connectivity index (χ1) is 6.77. The lowest BCUT2D eigenvalue weighted by molar-refractivity contribution is 0.110. The van der Waals surface area contributed by atoms with Crippen LogP contribution in [-0.4, -0.2) is 21.6 Å². The van der Waals surface area contributed by atoms with E-state index in [9.17, 15) is 5.11 Å². The van der Waals surface area contributed by atoms with Crippen molar-refractivity contribution in [1.82, 2.24) is 4.98 Å². The number of aliphatic hydroxyl groups is 1. The molecule has 2 nitrogen and oxygen atoms in total. The lowest BCUT2D eigenvalue weighted by Crippen LogP contribution is -2.19. The fraction of sp³-hybridized carbons (Fsp3) is 0.700. The van der Waals surface area contributed by atoms with Gasteiger partial charge in [-0.15, -0.1) is 11.3 Å². The molecule has 0 spiro atoms. The van der Waals surface area contributed by atoms with Crippen LogP contribution in [0.3, 0.4) is 0 Å². The van der Waals surface area contributed by atoms with E-state index < -0.39 is 0 Å². The second-order valence-corrected chi connectivity index (χ2v) is 5.93. The summed E-state index contributed by atoms with van der Waals surface area (Å²) in [6, 6.07) is 0. The first-order valence-electron chi connectivity index (χ1n) is 4.95. The number of aryl methyl sites for hydroxylation is 1. The van der Waals surface area contributed by atoms with Gasteiger partial charge in [0.25, 0.3) is 0 Å². The van der Waals surface area contributed by atoms with Gasteiger partial charge in [-0.25, -0.2) is 4.98 Å². The molecule has 1 aliphatic rings. The Morgan fingerprint density at radius 2 is 2.50 bits per heavy atom. The summed E-state index contributed by atoms with van der Waals surface area (Å²) in [7, 11) is 0. The molecule has 78 valence electrons. The highest BCUT2D eigenvalue weighted by Gasteiger charge is 2.24. The number of aliphatic hydroxyl groups excluding tert-OH is 1. The van der Waals surface area contributed by atoms with Crippen molar-refractivity contribution in [2.24, 2.45) is 5.92 Å². The molecule has 1 saturated heterocycles. The van der Waals surface area contributed by atoms with E-state index in [1.54, 1.807) is 11.3 Å². The maximum absolute atomic E-state index is 10.1. The molecule has 0 radical (unpaired) electrons. The number of rotatable bonds is 2. The summed E-state index contributed by atoms with van der Waals surface area (Å²) < 4.78 is 0. The largest absolute Gasteiger partial charge is 0.386 e. The molecule has 1 aromatic heterocycles. The zero-order valence-electron chi connectivity index (χ0n) is 8.27. The van der Waals surface area contributed by atoms with E-state index in [2.05, 4.69) is 4.98 Å². The second-order valence-electron chi connectivity index (χ2n) is 3.71. The van der Waals surface area contributed by atoms with Gasteiger partial charge in [0.1, 0.15) is 6.10 Å².